The van der Waals surface area contributed by atoms with Gasteiger partial charge in [-0.3, -0.25) is 0 Å². The molecular formula is C13H20FN3O2S. The summed E-state index contributed by atoms with van der Waals surface area (Å²) < 4.78 is 39.7. The summed E-state index contributed by atoms with van der Waals surface area (Å²) in [5.41, 5.74) is 5.31. The Morgan fingerprint density at radius 1 is 1.40 bits per heavy atom. The molecule has 1 fully saturated rings. The number of benzene rings is 1. The zero-order chi connectivity index (χ0) is 14.9. The maximum atomic E-state index is 13.2. The van der Waals surface area contributed by atoms with Crippen molar-refractivity contribution in [1.82, 2.24) is 9.21 Å². The van der Waals surface area contributed by atoms with E-state index in [0.29, 0.717) is 19.6 Å². The van der Waals surface area contributed by atoms with Crippen LogP contribution >= 0.6 is 0 Å². The molecule has 0 amide bonds. The van der Waals surface area contributed by atoms with Gasteiger partial charge in [-0.05, 0) is 31.7 Å². The lowest BCUT2D eigenvalue weighted by atomic mass is 10.1. The topological polar surface area (TPSA) is 66.6 Å². The number of anilines is 1. The van der Waals surface area contributed by atoms with E-state index >= 15 is 0 Å². The zero-order valence-electron chi connectivity index (χ0n) is 11.7. The van der Waals surface area contributed by atoms with Crippen LogP contribution in [0, 0.1) is 5.82 Å². The number of likely N-dealkylation sites (N-methyl/N-ethyl adjacent to an activating group) is 1. The van der Waals surface area contributed by atoms with E-state index in [4.69, 9.17) is 5.73 Å². The van der Waals surface area contributed by atoms with Gasteiger partial charge in [-0.25, -0.2) is 12.8 Å². The molecule has 1 aliphatic rings. The number of nitrogens with zero attached hydrogens (tertiary/aromatic N) is 2. The monoisotopic (exact) mass is 301 g/mol. The molecule has 1 heterocycles. The van der Waals surface area contributed by atoms with Crippen LogP contribution < -0.4 is 5.73 Å². The summed E-state index contributed by atoms with van der Waals surface area (Å²) in [5, 5.41) is 0. The van der Waals surface area contributed by atoms with Gasteiger partial charge in [-0.1, -0.05) is 6.92 Å². The highest BCUT2D eigenvalue weighted by Crippen LogP contribution is 2.23. The van der Waals surface area contributed by atoms with E-state index < -0.39 is 15.8 Å². The van der Waals surface area contributed by atoms with Crippen molar-refractivity contribution in [2.24, 2.45) is 0 Å². The third-order valence-electron chi connectivity index (χ3n) is 3.82. The van der Waals surface area contributed by atoms with Gasteiger partial charge < -0.3 is 10.6 Å². The van der Waals surface area contributed by atoms with Crippen LogP contribution in [0.3, 0.4) is 0 Å². The van der Waals surface area contributed by atoms with Crippen LogP contribution in [0.4, 0.5) is 10.1 Å². The third-order valence-corrected chi connectivity index (χ3v) is 5.68. The molecular weight excluding hydrogens is 281 g/mol. The van der Waals surface area contributed by atoms with Gasteiger partial charge in [0, 0.05) is 25.7 Å². The van der Waals surface area contributed by atoms with Crippen LogP contribution in [0.5, 0.6) is 0 Å². The number of halogens is 1. The molecule has 7 heteroatoms. The number of sulfonamides is 1. The highest BCUT2D eigenvalue weighted by molar-refractivity contribution is 7.89. The van der Waals surface area contributed by atoms with Crippen LogP contribution in [0.1, 0.15) is 13.3 Å². The van der Waals surface area contributed by atoms with E-state index in [2.05, 4.69) is 4.90 Å². The smallest absolute Gasteiger partial charge is 0.243 e. The van der Waals surface area contributed by atoms with Crippen molar-refractivity contribution in [2.45, 2.75) is 24.3 Å². The second-order valence-electron chi connectivity index (χ2n) is 5.09. The Morgan fingerprint density at radius 2 is 2.10 bits per heavy atom. The quantitative estimate of drug-likeness (QED) is 0.850. The maximum Gasteiger partial charge on any atom is 0.243 e. The van der Waals surface area contributed by atoms with Gasteiger partial charge in [-0.2, -0.15) is 4.31 Å². The Kier molecular flexibility index (Phi) is 4.31. The third kappa shape index (κ3) is 2.79. The maximum absolute atomic E-state index is 13.2. The molecule has 0 aliphatic carbocycles. The molecule has 1 atom stereocenters. The first kappa shape index (κ1) is 15.2. The van der Waals surface area contributed by atoms with Crippen LogP contribution in [0.2, 0.25) is 0 Å². The first-order chi connectivity index (χ1) is 9.36. The van der Waals surface area contributed by atoms with E-state index in [9.17, 15) is 12.8 Å². The van der Waals surface area contributed by atoms with Crippen molar-refractivity contribution >= 4 is 15.7 Å². The second kappa shape index (κ2) is 5.67. The van der Waals surface area contributed by atoms with E-state index in [1.165, 1.54) is 16.4 Å². The summed E-state index contributed by atoms with van der Waals surface area (Å²) in [4.78, 5) is 2.21. The normalized spacial score (nSPS) is 22.1. The number of hydrogen-bond acceptors (Lipinski definition) is 4. The lowest BCUT2D eigenvalue weighted by Crippen LogP contribution is -2.52. The summed E-state index contributed by atoms with van der Waals surface area (Å²) >= 11 is 0. The number of nitrogen functional groups attached to an aromatic ring is 1. The lowest BCUT2D eigenvalue weighted by Gasteiger charge is -2.38. The van der Waals surface area contributed by atoms with Crippen molar-refractivity contribution in [3.63, 3.8) is 0 Å². The minimum atomic E-state index is -3.61. The fraction of sp³-hybridized carbons (Fsp3) is 0.538. The zero-order valence-corrected chi connectivity index (χ0v) is 12.5. The first-order valence-electron chi connectivity index (χ1n) is 6.61. The molecule has 5 nitrogen and oxygen atoms in total. The molecule has 0 bridgehead atoms. The first-order valence-corrected chi connectivity index (χ1v) is 8.05. The second-order valence-corrected chi connectivity index (χ2v) is 7.03. The molecule has 0 radical (unpaired) electrons. The highest BCUT2D eigenvalue weighted by atomic mass is 32.2. The number of piperazine rings is 1. The van der Waals surface area contributed by atoms with Crippen molar-refractivity contribution in [3.05, 3.63) is 24.0 Å². The Labute approximate surface area is 119 Å². The van der Waals surface area contributed by atoms with Crippen LogP contribution in [-0.4, -0.2) is 50.3 Å². The molecule has 112 valence electrons. The average Bonchev–Trinajstić information content (AvgIpc) is 2.42. The van der Waals surface area contributed by atoms with E-state index in [-0.39, 0.29) is 16.6 Å². The number of nitrogens with two attached hydrogens (primary N) is 1. The highest BCUT2D eigenvalue weighted by Gasteiger charge is 2.32. The number of rotatable bonds is 3. The van der Waals surface area contributed by atoms with Gasteiger partial charge in [0.15, 0.2) is 0 Å². The lowest BCUT2D eigenvalue weighted by molar-refractivity contribution is 0.144. The van der Waals surface area contributed by atoms with Gasteiger partial charge >= 0.3 is 0 Å². The molecule has 20 heavy (non-hydrogen) atoms. The summed E-state index contributed by atoms with van der Waals surface area (Å²) in [6, 6.07) is 3.75. The SMILES string of the molecule is CCC1CN(S(=O)(=O)c2ccc(F)c(N)c2)CCN1C. The van der Waals surface area contributed by atoms with E-state index in [0.717, 1.165) is 12.5 Å². The molecule has 1 aliphatic heterocycles. The predicted octanol–water partition coefficient (Wildman–Crippen LogP) is 1.12. The van der Waals surface area contributed by atoms with Crippen LogP contribution in [0.15, 0.2) is 23.1 Å². The number of hydrogen-bond donors (Lipinski definition) is 1. The van der Waals surface area contributed by atoms with Gasteiger partial charge in [-0.15, -0.1) is 0 Å². The summed E-state index contributed by atoms with van der Waals surface area (Å²) in [7, 11) is -1.61. The minimum Gasteiger partial charge on any atom is -0.396 e. The molecule has 1 aromatic rings. The van der Waals surface area contributed by atoms with Gasteiger partial charge in [0.2, 0.25) is 10.0 Å². The Balaban J connectivity index is 2.28. The Bertz CT molecular complexity index is 591. The van der Waals surface area contributed by atoms with Crippen LogP contribution in [0.25, 0.3) is 0 Å². The standard InChI is InChI=1S/C13H20FN3O2S/c1-3-10-9-17(7-6-16(10)2)20(18,19)11-4-5-12(14)13(15)8-11/h4-5,8,10H,3,6-7,9,15H2,1-2H3. The van der Waals surface area contributed by atoms with E-state index in [1.54, 1.807) is 0 Å². The van der Waals surface area contributed by atoms with Crippen molar-refractivity contribution in [2.75, 3.05) is 32.4 Å². The predicted molar refractivity (Wildman–Crippen MR) is 76.3 cm³/mol. The van der Waals surface area contributed by atoms with Crippen molar-refractivity contribution < 1.29 is 12.8 Å². The van der Waals surface area contributed by atoms with Gasteiger partial charge in [0.05, 0.1) is 10.6 Å². The molecule has 0 spiro atoms. The fourth-order valence-corrected chi connectivity index (χ4v) is 3.91. The summed E-state index contributed by atoms with van der Waals surface area (Å²) in [6.07, 6.45) is 0.883. The Morgan fingerprint density at radius 3 is 2.70 bits per heavy atom. The molecule has 0 saturated carbocycles. The van der Waals surface area contributed by atoms with Crippen molar-refractivity contribution in [3.8, 4) is 0 Å². The van der Waals surface area contributed by atoms with Crippen LogP contribution in [-0.2, 0) is 10.0 Å². The molecule has 2 rings (SSSR count). The summed E-state index contributed by atoms with van der Waals surface area (Å²) in [6.45, 7) is 3.61. The van der Waals surface area contributed by atoms with Gasteiger partial charge in [0.25, 0.3) is 0 Å². The fourth-order valence-electron chi connectivity index (χ4n) is 2.41. The van der Waals surface area contributed by atoms with Crippen molar-refractivity contribution in [1.29, 1.82) is 0 Å². The molecule has 1 unspecified atom stereocenters. The largest absolute Gasteiger partial charge is 0.396 e. The molecule has 0 aromatic heterocycles. The van der Waals surface area contributed by atoms with E-state index in [1.807, 2.05) is 14.0 Å². The average molecular weight is 301 g/mol. The Hall–Kier alpha value is -1.18. The molecule has 1 saturated heterocycles. The van der Waals surface area contributed by atoms with Gasteiger partial charge in [0.1, 0.15) is 5.82 Å². The molecule has 2 N–H and O–H groups in total. The molecule has 1 aromatic carbocycles. The summed E-state index contributed by atoms with van der Waals surface area (Å²) in [5.74, 6) is -0.603. The minimum absolute atomic E-state index is 0.0517.